The van der Waals surface area contributed by atoms with E-state index in [1.807, 2.05) is 11.8 Å². The van der Waals surface area contributed by atoms with Crippen molar-refractivity contribution >= 4 is 29.6 Å². The highest BCUT2D eigenvalue weighted by atomic mass is 19.1. The summed E-state index contributed by atoms with van der Waals surface area (Å²) in [6.07, 6.45) is -3.13. The number of esters is 1. The monoisotopic (exact) mass is 814 g/mol. The number of rotatable bonds is 7. The minimum absolute atomic E-state index is 0.0655. The van der Waals surface area contributed by atoms with Crippen LogP contribution in [0.3, 0.4) is 0 Å². The average molecular weight is 815 g/mol. The summed E-state index contributed by atoms with van der Waals surface area (Å²) >= 11 is 0. The van der Waals surface area contributed by atoms with Gasteiger partial charge in [-0.25, -0.2) is 23.9 Å². The first-order valence-electron chi connectivity index (χ1n) is 19.4. The minimum Gasteiger partial charge on any atom is -0.455 e. The molecule has 17 nitrogen and oxygen atoms in total. The van der Waals surface area contributed by atoms with Gasteiger partial charge in [-0.15, -0.1) is 0 Å². The number of hydrogen-bond acceptors (Lipinski definition) is 16. The molecule has 0 aromatic carbocycles. The normalized spacial score (nSPS) is 37.5. The number of anilines is 1. The van der Waals surface area contributed by atoms with E-state index in [2.05, 4.69) is 32.3 Å². The highest BCUT2D eigenvalue weighted by Gasteiger charge is 2.59. The average Bonchev–Trinajstić information content (AvgIpc) is 3.77. The second-order valence-corrected chi connectivity index (χ2v) is 16.4. The Morgan fingerprint density at radius 3 is 2.40 bits per heavy atom. The van der Waals surface area contributed by atoms with Crippen LogP contribution >= 0.6 is 0 Å². The number of Topliss-reactive ketones (excluding diaryl/α,β-unsaturated/α-hetero) is 2. The fourth-order valence-corrected chi connectivity index (χ4v) is 8.39. The summed E-state index contributed by atoms with van der Waals surface area (Å²) in [6, 6.07) is 0.144. The summed E-state index contributed by atoms with van der Waals surface area (Å²) in [5, 5.41) is 18.2. The topological polar surface area (TPSA) is 228 Å². The number of nitrogens with zero attached hydrogens (tertiary/aromatic N) is 4. The van der Waals surface area contributed by atoms with Crippen molar-refractivity contribution in [2.75, 3.05) is 26.4 Å². The van der Waals surface area contributed by atoms with Crippen LogP contribution in [0.2, 0.25) is 0 Å². The van der Waals surface area contributed by atoms with E-state index >= 15 is 4.39 Å². The van der Waals surface area contributed by atoms with Crippen molar-refractivity contribution in [3.05, 3.63) is 24.2 Å². The number of aliphatic hydroxyl groups is 1. The number of hydrogen-bond donors (Lipinski definition) is 3. The number of fused-ring (bicyclic) bond motifs is 1. The van der Waals surface area contributed by atoms with Gasteiger partial charge < -0.3 is 49.3 Å². The zero-order valence-corrected chi connectivity index (χ0v) is 34.6. The second kappa shape index (κ2) is 17.4. The van der Waals surface area contributed by atoms with Crippen molar-refractivity contribution in [3.63, 3.8) is 0 Å². The van der Waals surface area contributed by atoms with Crippen LogP contribution in [0.5, 0.6) is 0 Å². The van der Waals surface area contributed by atoms with Crippen LogP contribution in [0, 0.1) is 29.6 Å². The van der Waals surface area contributed by atoms with Crippen molar-refractivity contribution in [3.8, 4) is 23.1 Å². The molecule has 5 heterocycles. The maximum atomic E-state index is 16.9. The first kappa shape index (κ1) is 44.6. The third-order valence-corrected chi connectivity index (χ3v) is 11.6. The van der Waals surface area contributed by atoms with E-state index in [9.17, 15) is 24.3 Å². The van der Waals surface area contributed by atoms with Gasteiger partial charge in [0.25, 0.3) is 5.67 Å². The maximum absolute atomic E-state index is 16.9. The highest BCUT2D eigenvalue weighted by Crippen LogP contribution is 2.41. The van der Waals surface area contributed by atoms with Gasteiger partial charge in [-0.1, -0.05) is 38.8 Å². The molecular formula is C40H55FN6O11. The van der Waals surface area contributed by atoms with E-state index < -0.39 is 95.3 Å². The number of alkyl carbamates (subject to hydrolysis) is 1. The molecule has 0 radical (unpaired) electrons. The molecule has 2 aromatic rings. The van der Waals surface area contributed by atoms with Crippen molar-refractivity contribution in [1.29, 1.82) is 0 Å². The molecule has 3 aliphatic rings. The van der Waals surface area contributed by atoms with E-state index in [-0.39, 0.29) is 36.9 Å². The fourth-order valence-electron chi connectivity index (χ4n) is 8.39. The summed E-state index contributed by atoms with van der Waals surface area (Å²) in [4.78, 5) is 64.9. The van der Waals surface area contributed by atoms with Gasteiger partial charge in [0.05, 0.1) is 23.9 Å². The van der Waals surface area contributed by atoms with Crippen LogP contribution in [-0.2, 0) is 38.1 Å². The zero-order chi connectivity index (χ0) is 42.9. The standard InChI is InChI=1S/C40H55FN6O11/c1-11-28-40(8)31(45-37(52)57-40)22(4)29(48)20(2)17-38(6,53-14-12-13-25-16-26(46-58-25)24-18-43-36(42)44-19-24)33(23(5)32(50)39(7,41)35(51)55-28)56-34-30(49)27(47(9)10)15-21(3)54-34/h16,18-23,27-28,30-31,33-34,49H,11,14-15,17H2,1-10H3,(H,45,52)(H2,42,43,44)/t20-,21-,22+,23+,27+,28-,30-,31+,33-,34+,38+,39?,40-/m1/s1. The lowest BCUT2D eigenvalue weighted by molar-refractivity contribution is -0.296. The molecule has 0 bridgehead atoms. The first-order valence-corrected chi connectivity index (χ1v) is 19.4. The van der Waals surface area contributed by atoms with E-state index in [1.165, 1.54) is 26.2 Å². The van der Waals surface area contributed by atoms with Crippen LogP contribution in [0.25, 0.3) is 11.3 Å². The largest absolute Gasteiger partial charge is 0.455 e. The number of likely N-dealkylation sites (N-methyl/N-ethyl adjacent to an activating group) is 1. The summed E-state index contributed by atoms with van der Waals surface area (Å²) in [5.41, 5.74) is 0.0441. The van der Waals surface area contributed by atoms with Crippen LogP contribution in [0.4, 0.5) is 15.1 Å². The van der Waals surface area contributed by atoms with Gasteiger partial charge in [-0.2, -0.15) is 0 Å². The Morgan fingerprint density at radius 2 is 1.76 bits per heavy atom. The van der Waals surface area contributed by atoms with E-state index in [0.29, 0.717) is 17.7 Å². The lowest BCUT2D eigenvalue weighted by Gasteiger charge is -2.47. The number of halogens is 1. The van der Waals surface area contributed by atoms with Crippen molar-refractivity contribution < 1.29 is 56.9 Å². The number of ether oxygens (including phenoxy) is 5. The molecular weight excluding hydrogens is 759 g/mol. The Kier molecular flexibility index (Phi) is 13.3. The van der Waals surface area contributed by atoms with Gasteiger partial charge in [0, 0.05) is 47.8 Å². The summed E-state index contributed by atoms with van der Waals surface area (Å²) in [7, 11) is 3.59. The molecule has 2 aromatic heterocycles. The third-order valence-electron chi connectivity index (χ3n) is 11.6. The number of aromatic nitrogens is 3. The van der Waals surface area contributed by atoms with Gasteiger partial charge >= 0.3 is 12.1 Å². The number of nitrogens with one attached hydrogen (secondary N) is 1. The Morgan fingerprint density at radius 1 is 1.09 bits per heavy atom. The number of carbonyl (C=O) groups is 4. The van der Waals surface area contributed by atoms with Crippen LogP contribution in [-0.4, -0.2) is 129 Å². The summed E-state index contributed by atoms with van der Waals surface area (Å²) < 4.78 is 52.7. The molecule has 5 rings (SSSR count). The third kappa shape index (κ3) is 9.03. The van der Waals surface area contributed by atoms with Crippen LogP contribution in [0.15, 0.2) is 23.0 Å². The molecule has 0 aliphatic carbocycles. The number of amides is 1. The summed E-state index contributed by atoms with van der Waals surface area (Å²) in [5.74, 6) is -0.287. The molecule has 318 valence electrons. The van der Waals surface area contributed by atoms with Gasteiger partial charge in [0.15, 0.2) is 17.7 Å². The molecule has 1 unspecified atom stereocenters. The number of alkyl halides is 1. The van der Waals surface area contributed by atoms with Gasteiger partial charge in [-0.05, 0) is 67.0 Å². The molecule has 3 fully saturated rings. The predicted molar refractivity (Wildman–Crippen MR) is 204 cm³/mol. The number of nitrogens with two attached hydrogens (primary N) is 1. The van der Waals surface area contributed by atoms with Gasteiger partial charge in [0.2, 0.25) is 11.7 Å². The fraction of sp³-hybridized carbons (Fsp3) is 0.675. The van der Waals surface area contributed by atoms with Gasteiger partial charge in [0.1, 0.15) is 30.3 Å². The van der Waals surface area contributed by atoms with Crippen molar-refractivity contribution in [2.24, 2.45) is 17.8 Å². The molecule has 13 atom stereocenters. The van der Waals surface area contributed by atoms with Crippen molar-refractivity contribution in [1.82, 2.24) is 25.3 Å². The van der Waals surface area contributed by atoms with Crippen LogP contribution in [0.1, 0.15) is 80.4 Å². The molecule has 0 spiro atoms. The van der Waals surface area contributed by atoms with E-state index in [0.717, 1.165) is 6.92 Å². The molecule has 3 aliphatic heterocycles. The molecule has 58 heavy (non-hydrogen) atoms. The number of aliphatic hydroxyl groups excluding tert-OH is 1. The zero-order valence-electron chi connectivity index (χ0n) is 34.6. The molecule has 3 saturated heterocycles. The minimum atomic E-state index is -3.24. The van der Waals surface area contributed by atoms with Crippen LogP contribution < -0.4 is 11.1 Å². The smallest absolute Gasteiger partial charge is 0.408 e. The maximum Gasteiger partial charge on any atom is 0.408 e. The van der Waals surface area contributed by atoms with E-state index in [4.69, 9.17) is 33.9 Å². The lowest BCUT2D eigenvalue weighted by atomic mass is 9.73. The highest BCUT2D eigenvalue weighted by molar-refractivity contribution is 6.08. The number of nitrogen functional groups attached to an aromatic ring is 1. The summed E-state index contributed by atoms with van der Waals surface area (Å²) in [6.45, 7) is 11.7. The van der Waals surface area contributed by atoms with Crippen molar-refractivity contribution in [2.45, 2.75) is 134 Å². The van der Waals surface area contributed by atoms with E-state index in [1.54, 1.807) is 47.9 Å². The quantitative estimate of drug-likeness (QED) is 0.207. The Hall–Kier alpha value is -4.54. The molecule has 4 N–H and O–H groups in total. The van der Waals surface area contributed by atoms with Gasteiger partial charge in [-0.3, -0.25) is 9.59 Å². The number of cyclic esters (lactones) is 1. The molecule has 0 saturated carbocycles. The Bertz CT molecular complexity index is 1900. The second-order valence-electron chi connectivity index (χ2n) is 16.4. The Labute approximate surface area is 337 Å². The number of carbonyl (C=O) groups excluding carboxylic acids is 4. The molecule has 18 heteroatoms. The lowest BCUT2D eigenvalue weighted by Crippen LogP contribution is -2.61. The SMILES string of the molecule is CC[C@H]1OC(=O)C(C)(F)C(=O)[C@H](C)[C@@H](O[C@@H]2O[C@H](C)C[C@H](N(C)C)[C@H]2O)[C@@](C)(OCC#Cc2cc(-c3cnc(N)nc3)no2)C[C@@H](C)C(=O)[C@H](C)[C@@H]2NC(=O)O[C@]12C. The first-order chi connectivity index (χ1) is 27.1. The Balaban J connectivity index is 1.57. The predicted octanol–water partition coefficient (Wildman–Crippen LogP) is 3.02. The number of ketones is 2. The molecule has 1 amide bonds.